The van der Waals surface area contributed by atoms with Gasteiger partial charge in [0, 0.05) is 6.54 Å². The number of nitrogens with zero attached hydrogens (tertiary/aromatic N) is 1. The van der Waals surface area contributed by atoms with Crippen LogP contribution in [0.4, 0.5) is 4.79 Å². The summed E-state index contributed by atoms with van der Waals surface area (Å²) in [6.45, 7) is 2.03. The monoisotopic (exact) mass is 254 g/mol. The summed E-state index contributed by atoms with van der Waals surface area (Å²) in [6, 6.07) is 2.99. The van der Waals surface area contributed by atoms with Gasteiger partial charge in [-0.25, -0.2) is 4.79 Å². The average molecular weight is 254 g/mol. The molecule has 92 valence electrons. The molecule has 5 nitrogen and oxygen atoms in total. The Kier molecular flexibility index (Phi) is 3.15. The molecule has 0 spiro atoms. The number of carbonyl (C=O) groups is 2. The highest BCUT2D eigenvalue weighted by atomic mass is 32.1. The maximum absolute atomic E-state index is 12.2. The first-order chi connectivity index (χ1) is 8.09. The summed E-state index contributed by atoms with van der Waals surface area (Å²) < 4.78 is 5.21. The molecule has 1 aliphatic heterocycles. The third kappa shape index (κ3) is 1.93. The average Bonchev–Trinajstić information content (AvgIpc) is 2.88. The first-order valence-electron chi connectivity index (χ1n) is 5.38. The highest BCUT2D eigenvalue weighted by Crippen LogP contribution is 2.28. The first kappa shape index (κ1) is 12.0. The van der Waals surface area contributed by atoms with E-state index in [0.29, 0.717) is 24.5 Å². The number of hydrogen-bond acceptors (Lipinski definition) is 4. The molecule has 1 aliphatic rings. The Balaban J connectivity index is 2.23. The summed E-state index contributed by atoms with van der Waals surface area (Å²) in [4.78, 5) is 25.1. The van der Waals surface area contributed by atoms with Crippen LogP contribution in [-0.4, -0.2) is 29.1 Å². The Bertz CT molecular complexity index is 432. The SMILES string of the molecule is CC1(c2ccco2)NC(=O)N(CCCS)C1=O. The van der Waals surface area contributed by atoms with Crippen LogP contribution in [0.15, 0.2) is 22.8 Å². The van der Waals surface area contributed by atoms with E-state index in [1.165, 1.54) is 11.2 Å². The van der Waals surface area contributed by atoms with E-state index in [1.54, 1.807) is 19.1 Å². The predicted octanol–water partition coefficient (Wildman–Crippen LogP) is 1.37. The largest absolute Gasteiger partial charge is 0.466 e. The minimum absolute atomic E-state index is 0.278. The number of imide groups is 1. The van der Waals surface area contributed by atoms with Crippen molar-refractivity contribution in [2.45, 2.75) is 18.9 Å². The number of amides is 3. The van der Waals surface area contributed by atoms with Crippen LogP contribution in [0.1, 0.15) is 19.1 Å². The van der Waals surface area contributed by atoms with Gasteiger partial charge in [-0.1, -0.05) is 0 Å². The smallest absolute Gasteiger partial charge is 0.325 e. The lowest BCUT2D eigenvalue weighted by atomic mass is 9.99. The zero-order valence-corrected chi connectivity index (χ0v) is 10.4. The first-order valence-corrected chi connectivity index (χ1v) is 6.02. The summed E-state index contributed by atoms with van der Waals surface area (Å²) in [5, 5.41) is 2.66. The number of furan rings is 1. The molecule has 0 bridgehead atoms. The van der Waals surface area contributed by atoms with E-state index in [1.807, 2.05) is 0 Å². The van der Waals surface area contributed by atoms with E-state index in [4.69, 9.17) is 4.42 Å². The maximum atomic E-state index is 12.2. The highest BCUT2D eigenvalue weighted by Gasteiger charge is 2.50. The Hall–Kier alpha value is -1.43. The van der Waals surface area contributed by atoms with Crippen LogP contribution in [0.25, 0.3) is 0 Å². The van der Waals surface area contributed by atoms with Gasteiger partial charge in [0.15, 0.2) is 5.54 Å². The van der Waals surface area contributed by atoms with Gasteiger partial charge in [0.2, 0.25) is 0 Å². The van der Waals surface area contributed by atoms with E-state index < -0.39 is 5.54 Å². The Labute approximate surface area is 105 Å². The standard InChI is InChI=1S/C11H14N2O3S/c1-11(8-4-2-6-16-8)9(14)13(5-3-7-17)10(15)12-11/h2,4,6,17H,3,5,7H2,1H3,(H,12,15). The van der Waals surface area contributed by atoms with Crippen LogP contribution in [0.2, 0.25) is 0 Å². The molecule has 1 aromatic rings. The van der Waals surface area contributed by atoms with Crippen LogP contribution >= 0.6 is 12.6 Å². The van der Waals surface area contributed by atoms with Crippen molar-refractivity contribution in [3.05, 3.63) is 24.2 Å². The molecule has 0 aromatic carbocycles. The molecule has 1 aromatic heterocycles. The zero-order valence-electron chi connectivity index (χ0n) is 9.47. The van der Waals surface area contributed by atoms with Gasteiger partial charge in [-0.3, -0.25) is 9.69 Å². The fourth-order valence-corrected chi connectivity index (χ4v) is 2.00. The molecular weight excluding hydrogens is 240 g/mol. The van der Waals surface area contributed by atoms with E-state index in [2.05, 4.69) is 17.9 Å². The highest BCUT2D eigenvalue weighted by molar-refractivity contribution is 7.80. The molecule has 0 aliphatic carbocycles. The molecule has 1 saturated heterocycles. The second-order valence-corrected chi connectivity index (χ2v) is 4.51. The normalized spacial score (nSPS) is 24.2. The maximum Gasteiger partial charge on any atom is 0.325 e. The van der Waals surface area contributed by atoms with E-state index in [9.17, 15) is 9.59 Å². The van der Waals surface area contributed by atoms with Crippen LogP contribution < -0.4 is 5.32 Å². The number of nitrogens with one attached hydrogen (secondary N) is 1. The predicted molar refractivity (Wildman–Crippen MR) is 64.8 cm³/mol. The van der Waals surface area contributed by atoms with Crippen molar-refractivity contribution in [3.8, 4) is 0 Å². The van der Waals surface area contributed by atoms with Crippen LogP contribution in [-0.2, 0) is 10.3 Å². The molecule has 1 N–H and O–H groups in total. The number of hydrogen-bond donors (Lipinski definition) is 2. The van der Waals surface area contributed by atoms with Crippen LogP contribution in [0.5, 0.6) is 0 Å². The third-order valence-electron chi connectivity index (χ3n) is 2.83. The fraction of sp³-hybridized carbons (Fsp3) is 0.455. The third-order valence-corrected chi connectivity index (χ3v) is 3.15. The van der Waals surface area contributed by atoms with Crippen molar-refractivity contribution in [2.24, 2.45) is 0 Å². The minimum atomic E-state index is -1.09. The molecule has 0 radical (unpaired) electrons. The number of thiol groups is 1. The van der Waals surface area contributed by atoms with Gasteiger partial charge in [-0.2, -0.15) is 12.6 Å². The molecule has 1 fully saturated rings. The summed E-state index contributed by atoms with van der Waals surface area (Å²) in [5.74, 6) is 0.803. The number of carbonyl (C=O) groups excluding carboxylic acids is 2. The van der Waals surface area contributed by atoms with E-state index in [0.717, 1.165) is 0 Å². The van der Waals surface area contributed by atoms with Crippen LogP contribution in [0.3, 0.4) is 0 Å². The lowest BCUT2D eigenvalue weighted by Crippen LogP contribution is -2.40. The number of urea groups is 1. The van der Waals surface area contributed by atoms with Crippen molar-refractivity contribution in [1.82, 2.24) is 10.2 Å². The molecular formula is C11H14N2O3S. The summed E-state index contributed by atoms with van der Waals surface area (Å²) >= 11 is 4.07. The van der Waals surface area contributed by atoms with Crippen molar-refractivity contribution >= 4 is 24.6 Å². The van der Waals surface area contributed by atoms with Crippen LogP contribution in [0, 0.1) is 0 Å². The zero-order chi connectivity index (χ0) is 12.5. The van der Waals surface area contributed by atoms with Gasteiger partial charge in [0.1, 0.15) is 5.76 Å². The summed E-state index contributed by atoms with van der Waals surface area (Å²) in [6.07, 6.45) is 2.16. The Morgan fingerprint density at radius 2 is 2.29 bits per heavy atom. The quantitative estimate of drug-likeness (QED) is 0.630. The minimum Gasteiger partial charge on any atom is -0.466 e. The Morgan fingerprint density at radius 3 is 2.88 bits per heavy atom. The molecule has 0 saturated carbocycles. The molecule has 3 amide bonds. The van der Waals surface area contributed by atoms with E-state index >= 15 is 0 Å². The second-order valence-electron chi connectivity index (χ2n) is 4.07. The topological polar surface area (TPSA) is 62.6 Å². The van der Waals surface area contributed by atoms with Gasteiger partial charge in [-0.15, -0.1) is 0 Å². The van der Waals surface area contributed by atoms with Gasteiger partial charge < -0.3 is 9.73 Å². The summed E-state index contributed by atoms with van der Waals surface area (Å²) in [7, 11) is 0. The molecule has 6 heteroatoms. The van der Waals surface area contributed by atoms with Gasteiger partial charge in [0.05, 0.1) is 6.26 Å². The van der Waals surface area contributed by atoms with Crippen molar-refractivity contribution in [1.29, 1.82) is 0 Å². The molecule has 1 atom stereocenters. The molecule has 2 heterocycles. The van der Waals surface area contributed by atoms with Crippen molar-refractivity contribution in [3.63, 3.8) is 0 Å². The van der Waals surface area contributed by atoms with Gasteiger partial charge in [-0.05, 0) is 31.2 Å². The molecule has 2 rings (SSSR count). The van der Waals surface area contributed by atoms with Gasteiger partial charge in [0.25, 0.3) is 5.91 Å². The lowest BCUT2D eigenvalue weighted by Gasteiger charge is -2.18. The summed E-state index contributed by atoms with van der Waals surface area (Å²) in [5.41, 5.74) is -1.09. The fourth-order valence-electron chi connectivity index (χ4n) is 1.86. The Morgan fingerprint density at radius 1 is 1.53 bits per heavy atom. The second kappa shape index (κ2) is 4.44. The molecule has 1 unspecified atom stereocenters. The van der Waals surface area contributed by atoms with E-state index in [-0.39, 0.29) is 11.9 Å². The van der Waals surface area contributed by atoms with Gasteiger partial charge >= 0.3 is 6.03 Å². The molecule has 17 heavy (non-hydrogen) atoms. The van der Waals surface area contributed by atoms with Crippen molar-refractivity contribution < 1.29 is 14.0 Å². The van der Waals surface area contributed by atoms with Crippen molar-refractivity contribution in [2.75, 3.05) is 12.3 Å². The number of rotatable bonds is 4. The lowest BCUT2D eigenvalue weighted by molar-refractivity contribution is -0.131.